The van der Waals surface area contributed by atoms with Crippen LogP contribution < -0.4 is 5.32 Å². The number of carbonyl (C=O) groups is 1. The van der Waals surface area contributed by atoms with Crippen LogP contribution in [0.5, 0.6) is 0 Å². The van der Waals surface area contributed by atoms with E-state index in [4.69, 9.17) is 4.74 Å². The second kappa shape index (κ2) is 9.44. The molecule has 0 aliphatic carbocycles. The Hall–Kier alpha value is -1.86. The van der Waals surface area contributed by atoms with E-state index in [1.807, 2.05) is 41.8 Å². The largest absolute Gasteiger partial charge is 0.385 e. The Morgan fingerprint density at radius 2 is 2.08 bits per heavy atom. The van der Waals surface area contributed by atoms with E-state index in [0.29, 0.717) is 13.2 Å². The zero-order chi connectivity index (χ0) is 17.4. The molecule has 7 heteroatoms. The fraction of sp³-hybridized carbons (Fsp3) is 0.471. The van der Waals surface area contributed by atoms with Crippen molar-refractivity contribution < 1.29 is 9.53 Å². The Balaban J connectivity index is 2.02. The monoisotopic (exact) mass is 348 g/mol. The molecular formula is C17H24N4O2S. The van der Waals surface area contributed by atoms with E-state index < -0.39 is 0 Å². The third-order valence-corrected chi connectivity index (χ3v) is 4.62. The first kappa shape index (κ1) is 18.5. The van der Waals surface area contributed by atoms with Gasteiger partial charge in [-0.25, -0.2) is 0 Å². The molecule has 1 aromatic carbocycles. The highest BCUT2D eigenvalue weighted by molar-refractivity contribution is 8.00. The van der Waals surface area contributed by atoms with Gasteiger partial charge in [0.05, 0.1) is 5.25 Å². The molecule has 1 atom stereocenters. The van der Waals surface area contributed by atoms with Crippen molar-refractivity contribution in [1.82, 2.24) is 20.1 Å². The summed E-state index contributed by atoms with van der Waals surface area (Å²) in [5.74, 6) is 0.830. The number of hydrogen-bond acceptors (Lipinski definition) is 5. The van der Waals surface area contributed by atoms with Crippen molar-refractivity contribution in [3.8, 4) is 11.4 Å². The zero-order valence-electron chi connectivity index (χ0n) is 14.4. The molecule has 1 heterocycles. The summed E-state index contributed by atoms with van der Waals surface area (Å²) in [6.07, 6.45) is 0.808. The molecule has 0 saturated carbocycles. The van der Waals surface area contributed by atoms with E-state index >= 15 is 0 Å². The minimum Gasteiger partial charge on any atom is -0.385 e. The molecule has 2 aromatic rings. The lowest BCUT2D eigenvalue weighted by Crippen LogP contribution is -2.32. The molecule has 2 rings (SSSR count). The minimum absolute atomic E-state index is 0.00279. The SMILES string of the molecule is CCn1c(SC(C)C(=O)NCCCOC)nnc1-c1ccccc1. The van der Waals surface area contributed by atoms with Gasteiger partial charge in [0.2, 0.25) is 5.91 Å². The summed E-state index contributed by atoms with van der Waals surface area (Å²) in [6, 6.07) is 9.95. The Labute approximate surface area is 147 Å². The summed E-state index contributed by atoms with van der Waals surface area (Å²) in [4.78, 5) is 12.2. The summed E-state index contributed by atoms with van der Waals surface area (Å²) in [5.41, 5.74) is 1.02. The fourth-order valence-electron chi connectivity index (χ4n) is 2.25. The number of ether oxygens (including phenoxy) is 1. The molecule has 0 radical (unpaired) electrons. The van der Waals surface area contributed by atoms with Gasteiger partial charge in [0.25, 0.3) is 0 Å². The van der Waals surface area contributed by atoms with Gasteiger partial charge in [0.1, 0.15) is 0 Å². The highest BCUT2D eigenvalue weighted by Crippen LogP contribution is 2.26. The van der Waals surface area contributed by atoms with E-state index in [9.17, 15) is 4.79 Å². The Morgan fingerprint density at radius 1 is 1.33 bits per heavy atom. The zero-order valence-corrected chi connectivity index (χ0v) is 15.2. The first-order chi connectivity index (χ1) is 11.7. The van der Waals surface area contributed by atoms with Gasteiger partial charge in [0.15, 0.2) is 11.0 Å². The molecule has 0 saturated heterocycles. The average molecular weight is 348 g/mol. The molecule has 0 aliphatic rings. The van der Waals surface area contributed by atoms with Crippen LogP contribution in [-0.4, -0.2) is 46.2 Å². The van der Waals surface area contributed by atoms with E-state index in [0.717, 1.165) is 29.5 Å². The van der Waals surface area contributed by atoms with Crippen molar-refractivity contribution in [3.63, 3.8) is 0 Å². The average Bonchev–Trinajstić information content (AvgIpc) is 3.01. The van der Waals surface area contributed by atoms with E-state index in [2.05, 4.69) is 22.4 Å². The van der Waals surface area contributed by atoms with Crippen molar-refractivity contribution in [1.29, 1.82) is 0 Å². The molecule has 0 fully saturated rings. The maximum absolute atomic E-state index is 12.2. The molecular weight excluding hydrogens is 324 g/mol. The molecule has 130 valence electrons. The Bertz CT molecular complexity index is 645. The Morgan fingerprint density at radius 3 is 2.75 bits per heavy atom. The molecule has 1 unspecified atom stereocenters. The van der Waals surface area contributed by atoms with Gasteiger partial charge in [-0.2, -0.15) is 0 Å². The predicted octanol–water partition coefficient (Wildman–Crippen LogP) is 2.60. The van der Waals surface area contributed by atoms with Crippen molar-refractivity contribution in [2.75, 3.05) is 20.3 Å². The van der Waals surface area contributed by atoms with Crippen molar-refractivity contribution in [3.05, 3.63) is 30.3 Å². The third-order valence-electron chi connectivity index (χ3n) is 3.54. The quantitative estimate of drug-likeness (QED) is 0.557. The van der Waals surface area contributed by atoms with Crippen LogP contribution in [0.15, 0.2) is 35.5 Å². The van der Waals surface area contributed by atoms with Crippen molar-refractivity contribution in [2.24, 2.45) is 0 Å². The number of nitrogens with one attached hydrogen (secondary N) is 1. The van der Waals surface area contributed by atoms with E-state index in [1.54, 1.807) is 7.11 Å². The van der Waals surface area contributed by atoms with Crippen LogP contribution in [0.2, 0.25) is 0 Å². The standard InChI is InChI=1S/C17H24N4O2S/c1-4-21-15(14-9-6-5-7-10-14)19-20-17(21)24-13(2)16(22)18-11-8-12-23-3/h5-7,9-10,13H,4,8,11-12H2,1-3H3,(H,18,22). The molecule has 6 nitrogen and oxygen atoms in total. The topological polar surface area (TPSA) is 69.0 Å². The van der Waals surface area contributed by atoms with Gasteiger partial charge in [-0.05, 0) is 20.3 Å². The second-order valence-corrected chi connectivity index (χ2v) is 6.62. The lowest BCUT2D eigenvalue weighted by Gasteiger charge is -2.12. The smallest absolute Gasteiger partial charge is 0.233 e. The first-order valence-electron chi connectivity index (χ1n) is 8.09. The normalized spacial score (nSPS) is 12.1. The molecule has 0 bridgehead atoms. The van der Waals surface area contributed by atoms with Crippen molar-refractivity contribution >= 4 is 17.7 Å². The number of methoxy groups -OCH3 is 1. The number of thioether (sulfide) groups is 1. The summed E-state index contributed by atoms with van der Waals surface area (Å²) in [6.45, 7) is 5.95. The number of rotatable bonds is 9. The van der Waals surface area contributed by atoms with Crippen LogP contribution in [0.3, 0.4) is 0 Å². The lowest BCUT2D eigenvalue weighted by atomic mass is 10.2. The predicted molar refractivity (Wildman–Crippen MR) is 96.0 cm³/mol. The van der Waals surface area contributed by atoms with E-state index in [1.165, 1.54) is 11.8 Å². The number of benzene rings is 1. The fourth-order valence-corrected chi connectivity index (χ4v) is 3.18. The maximum Gasteiger partial charge on any atom is 0.233 e. The third kappa shape index (κ3) is 4.82. The van der Waals surface area contributed by atoms with Crippen LogP contribution in [0.1, 0.15) is 20.3 Å². The molecule has 24 heavy (non-hydrogen) atoms. The van der Waals surface area contributed by atoms with Gasteiger partial charge in [0, 0.05) is 32.4 Å². The van der Waals surface area contributed by atoms with Crippen LogP contribution in [-0.2, 0) is 16.1 Å². The summed E-state index contributed by atoms with van der Waals surface area (Å²) in [7, 11) is 1.65. The van der Waals surface area contributed by atoms with Gasteiger partial charge < -0.3 is 14.6 Å². The highest BCUT2D eigenvalue weighted by Gasteiger charge is 2.19. The van der Waals surface area contributed by atoms with Crippen LogP contribution >= 0.6 is 11.8 Å². The van der Waals surface area contributed by atoms with Crippen LogP contribution in [0.4, 0.5) is 0 Å². The van der Waals surface area contributed by atoms with Crippen LogP contribution in [0.25, 0.3) is 11.4 Å². The highest BCUT2D eigenvalue weighted by atomic mass is 32.2. The summed E-state index contributed by atoms with van der Waals surface area (Å²) >= 11 is 1.43. The van der Waals surface area contributed by atoms with Gasteiger partial charge in [-0.3, -0.25) is 4.79 Å². The number of nitrogens with zero attached hydrogens (tertiary/aromatic N) is 3. The molecule has 0 spiro atoms. The van der Waals surface area contributed by atoms with Gasteiger partial charge >= 0.3 is 0 Å². The number of amides is 1. The van der Waals surface area contributed by atoms with Crippen molar-refractivity contribution in [2.45, 2.75) is 37.2 Å². The minimum atomic E-state index is -0.231. The van der Waals surface area contributed by atoms with Gasteiger partial charge in [-0.15, -0.1) is 10.2 Å². The first-order valence-corrected chi connectivity index (χ1v) is 8.97. The number of hydrogen-bond donors (Lipinski definition) is 1. The van der Waals surface area contributed by atoms with Crippen LogP contribution in [0, 0.1) is 0 Å². The summed E-state index contributed by atoms with van der Waals surface area (Å²) < 4.78 is 7.01. The van der Waals surface area contributed by atoms with E-state index in [-0.39, 0.29) is 11.2 Å². The van der Waals surface area contributed by atoms with Gasteiger partial charge in [-0.1, -0.05) is 42.1 Å². The number of aromatic nitrogens is 3. The number of carbonyl (C=O) groups excluding carboxylic acids is 1. The Kier molecular flexibility index (Phi) is 7.27. The second-order valence-electron chi connectivity index (χ2n) is 5.31. The molecule has 1 N–H and O–H groups in total. The maximum atomic E-state index is 12.2. The molecule has 1 amide bonds. The molecule has 1 aromatic heterocycles. The lowest BCUT2D eigenvalue weighted by molar-refractivity contribution is -0.120. The molecule has 0 aliphatic heterocycles. The summed E-state index contributed by atoms with van der Waals surface area (Å²) in [5, 5.41) is 12.0.